The van der Waals surface area contributed by atoms with Crippen LogP contribution in [0.15, 0.2) is 30.6 Å². The molecule has 4 rings (SSSR count). The highest BCUT2D eigenvalue weighted by atomic mass is 35.5. The molecule has 0 saturated carbocycles. The van der Waals surface area contributed by atoms with E-state index in [9.17, 15) is 19.5 Å². The van der Waals surface area contributed by atoms with Crippen molar-refractivity contribution in [3.63, 3.8) is 0 Å². The van der Waals surface area contributed by atoms with Crippen LogP contribution < -0.4 is 4.90 Å². The third-order valence-electron chi connectivity index (χ3n) is 8.73. The molecule has 11 heteroatoms. The third kappa shape index (κ3) is 8.10. The fraction of sp³-hybridized carbons (Fsp3) is 0.594. The number of ketones is 1. The molecule has 10 nitrogen and oxygen atoms in total. The Hall–Kier alpha value is -3.08. The number of carbonyl (C=O) groups is 3. The molecule has 1 fully saturated rings. The zero-order valence-electron chi connectivity index (χ0n) is 26.0. The number of rotatable bonds is 12. The van der Waals surface area contributed by atoms with Gasteiger partial charge in [-0.15, -0.1) is 0 Å². The molecule has 1 aliphatic carbocycles. The van der Waals surface area contributed by atoms with Crippen molar-refractivity contribution in [2.45, 2.75) is 70.9 Å². The largest absolute Gasteiger partial charge is 0.387 e. The minimum atomic E-state index is -0.558. The molecule has 1 saturated heterocycles. The van der Waals surface area contributed by atoms with Crippen LogP contribution in [0, 0.1) is 0 Å². The van der Waals surface area contributed by atoms with E-state index in [1.54, 1.807) is 11.9 Å². The first-order valence-corrected chi connectivity index (χ1v) is 15.6. The Balaban J connectivity index is 1.45. The lowest BCUT2D eigenvalue weighted by Gasteiger charge is -2.39. The predicted octanol–water partition coefficient (Wildman–Crippen LogP) is 3.64. The van der Waals surface area contributed by atoms with Gasteiger partial charge in [-0.25, -0.2) is 9.97 Å². The summed E-state index contributed by atoms with van der Waals surface area (Å²) in [7, 11) is 1.76. The second-order valence-corrected chi connectivity index (χ2v) is 12.6. The number of benzene rings is 1. The Kier molecular flexibility index (Phi) is 11.1. The summed E-state index contributed by atoms with van der Waals surface area (Å²) in [4.78, 5) is 54.9. The normalized spacial score (nSPS) is 19.1. The topological polar surface area (TPSA) is 110 Å². The van der Waals surface area contributed by atoms with Crippen molar-refractivity contribution in [2.75, 3.05) is 57.8 Å². The maximum absolute atomic E-state index is 14.2. The van der Waals surface area contributed by atoms with Gasteiger partial charge in [-0.2, -0.15) is 0 Å². The average molecular weight is 613 g/mol. The van der Waals surface area contributed by atoms with Crippen molar-refractivity contribution in [1.82, 2.24) is 24.7 Å². The SMILES string of the molecule is CC(=O)CCC(=O)N(C)CCN(C[C@@H](C(=O)N1CCN(c2ncnc3c2[C@H](C)C[C@H]3O)CC1)c1ccc(Cl)cc1)C(C)C. The molecular formula is C32H45ClN6O4. The molecule has 234 valence electrons. The molecule has 1 aromatic heterocycles. The fourth-order valence-corrected chi connectivity index (χ4v) is 6.13. The highest BCUT2D eigenvalue weighted by molar-refractivity contribution is 6.30. The second-order valence-electron chi connectivity index (χ2n) is 12.2. The number of carbonyl (C=O) groups excluding carboxylic acids is 3. The molecule has 2 heterocycles. The van der Waals surface area contributed by atoms with E-state index in [0.717, 1.165) is 22.6 Å². The van der Waals surface area contributed by atoms with Crippen LogP contribution in [0.2, 0.25) is 5.02 Å². The van der Waals surface area contributed by atoms with Crippen molar-refractivity contribution in [2.24, 2.45) is 0 Å². The number of nitrogens with zero attached hydrogens (tertiary/aromatic N) is 6. The summed E-state index contributed by atoms with van der Waals surface area (Å²) in [5, 5.41) is 11.0. The van der Waals surface area contributed by atoms with Gasteiger partial charge in [-0.05, 0) is 50.8 Å². The Morgan fingerprint density at radius 2 is 1.72 bits per heavy atom. The molecule has 1 N–H and O–H groups in total. The van der Waals surface area contributed by atoms with Gasteiger partial charge >= 0.3 is 0 Å². The Morgan fingerprint density at radius 1 is 1.05 bits per heavy atom. The van der Waals surface area contributed by atoms with Crippen LogP contribution in [0.3, 0.4) is 0 Å². The summed E-state index contributed by atoms with van der Waals surface area (Å²) in [6.07, 6.45) is 2.08. The molecule has 0 bridgehead atoms. The van der Waals surface area contributed by atoms with E-state index >= 15 is 0 Å². The van der Waals surface area contributed by atoms with Crippen LogP contribution in [0.1, 0.15) is 81.7 Å². The summed E-state index contributed by atoms with van der Waals surface area (Å²) in [5.74, 6) is 0.660. The van der Waals surface area contributed by atoms with Crippen LogP contribution in [-0.2, 0) is 14.4 Å². The minimum Gasteiger partial charge on any atom is -0.387 e. The number of fused-ring (bicyclic) bond motifs is 1. The van der Waals surface area contributed by atoms with Crippen LogP contribution >= 0.6 is 11.6 Å². The van der Waals surface area contributed by atoms with E-state index in [1.807, 2.05) is 29.2 Å². The van der Waals surface area contributed by atoms with Crippen LogP contribution in [0.5, 0.6) is 0 Å². The van der Waals surface area contributed by atoms with Crippen molar-refractivity contribution >= 4 is 35.0 Å². The molecule has 43 heavy (non-hydrogen) atoms. The van der Waals surface area contributed by atoms with Gasteiger partial charge in [0.1, 0.15) is 17.9 Å². The standard InChI is InChI=1S/C32H45ClN6O4/c1-21(2)39(13-12-36(5)28(42)11-6-23(4)40)19-26(24-7-9-25(33)10-8-24)32(43)38-16-14-37(15-17-38)31-29-22(3)18-27(41)30(29)34-20-35-31/h7-10,20-22,26-27,41H,6,11-19H2,1-5H3/t22-,26-,27-/m1/s1. The van der Waals surface area contributed by atoms with E-state index < -0.39 is 12.0 Å². The number of Topliss-reactive ketones (excluding diaryl/α,β-unsaturated/α-hetero) is 1. The number of hydrogen-bond donors (Lipinski definition) is 1. The maximum atomic E-state index is 14.2. The molecule has 1 aliphatic heterocycles. The number of likely N-dealkylation sites (N-methyl/N-ethyl adjacent to an activating group) is 1. The lowest BCUT2D eigenvalue weighted by atomic mass is 9.95. The quantitative estimate of drug-likeness (QED) is 0.387. The smallest absolute Gasteiger partial charge is 0.231 e. The summed E-state index contributed by atoms with van der Waals surface area (Å²) in [6.45, 7) is 11.8. The lowest BCUT2D eigenvalue weighted by molar-refractivity contribution is -0.134. The molecule has 2 aromatic rings. The van der Waals surface area contributed by atoms with Gasteiger partial charge in [-0.3, -0.25) is 14.5 Å². The molecule has 2 aliphatic rings. The van der Waals surface area contributed by atoms with Crippen molar-refractivity contribution in [3.05, 3.63) is 52.4 Å². The zero-order valence-corrected chi connectivity index (χ0v) is 26.8. The first kappa shape index (κ1) is 32.8. The van der Waals surface area contributed by atoms with Gasteiger partial charge in [0, 0.05) is 82.3 Å². The summed E-state index contributed by atoms with van der Waals surface area (Å²) in [6, 6.07) is 7.64. The molecule has 2 amide bonds. The summed E-state index contributed by atoms with van der Waals surface area (Å²) in [5.41, 5.74) is 2.65. The highest BCUT2D eigenvalue weighted by Gasteiger charge is 2.35. The van der Waals surface area contributed by atoms with Crippen LogP contribution in [0.25, 0.3) is 0 Å². The van der Waals surface area contributed by atoms with E-state index in [2.05, 4.69) is 40.5 Å². The van der Waals surface area contributed by atoms with Gasteiger partial charge in [0.2, 0.25) is 11.8 Å². The Labute approximate surface area is 260 Å². The number of aromatic nitrogens is 2. The molecular weight excluding hydrogens is 568 g/mol. The summed E-state index contributed by atoms with van der Waals surface area (Å²) >= 11 is 6.20. The van der Waals surface area contributed by atoms with Crippen LogP contribution in [0.4, 0.5) is 5.82 Å². The van der Waals surface area contributed by atoms with Gasteiger partial charge < -0.3 is 24.6 Å². The number of piperazine rings is 1. The van der Waals surface area contributed by atoms with E-state index in [0.29, 0.717) is 57.3 Å². The molecule has 3 atom stereocenters. The number of halogens is 1. The monoisotopic (exact) mass is 612 g/mol. The van der Waals surface area contributed by atoms with Crippen molar-refractivity contribution in [3.8, 4) is 0 Å². The molecule has 0 unspecified atom stereocenters. The van der Waals surface area contributed by atoms with Crippen molar-refractivity contribution in [1.29, 1.82) is 0 Å². The lowest BCUT2D eigenvalue weighted by Crippen LogP contribution is -2.52. The number of aliphatic hydroxyl groups excluding tert-OH is 1. The van der Waals surface area contributed by atoms with Gasteiger partial charge in [0.05, 0.1) is 17.7 Å². The predicted molar refractivity (Wildman–Crippen MR) is 167 cm³/mol. The molecule has 1 aromatic carbocycles. The maximum Gasteiger partial charge on any atom is 0.231 e. The van der Waals surface area contributed by atoms with Crippen molar-refractivity contribution < 1.29 is 19.5 Å². The number of hydrogen-bond acceptors (Lipinski definition) is 8. The Morgan fingerprint density at radius 3 is 2.35 bits per heavy atom. The van der Waals surface area contributed by atoms with E-state index in [4.69, 9.17) is 11.6 Å². The fourth-order valence-electron chi connectivity index (χ4n) is 6.01. The number of anilines is 1. The minimum absolute atomic E-state index is 0.00464. The highest BCUT2D eigenvalue weighted by Crippen LogP contribution is 2.42. The summed E-state index contributed by atoms with van der Waals surface area (Å²) < 4.78 is 0. The van der Waals surface area contributed by atoms with Crippen LogP contribution in [-0.4, -0.2) is 106 Å². The Bertz CT molecular complexity index is 1280. The zero-order chi connectivity index (χ0) is 31.3. The third-order valence-corrected chi connectivity index (χ3v) is 8.98. The molecule has 0 spiro atoms. The average Bonchev–Trinajstić information content (AvgIpc) is 3.29. The number of aliphatic hydroxyl groups is 1. The van der Waals surface area contributed by atoms with Gasteiger partial charge in [0.15, 0.2) is 0 Å². The first-order valence-electron chi connectivity index (χ1n) is 15.3. The molecule has 0 radical (unpaired) electrons. The van der Waals surface area contributed by atoms with E-state index in [1.165, 1.54) is 13.3 Å². The van der Waals surface area contributed by atoms with Gasteiger partial charge in [-0.1, -0.05) is 30.7 Å². The van der Waals surface area contributed by atoms with E-state index in [-0.39, 0.29) is 42.4 Å². The van der Waals surface area contributed by atoms with Gasteiger partial charge in [0.25, 0.3) is 0 Å². The first-order chi connectivity index (χ1) is 20.5. The second kappa shape index (κ2) is 14.6. The number of amides is 2.